The Bertz CT molecular complexity index is 2800. The standard InChI is InChI=1S/C64H70/c1-59(2,3)39-29-31-49-53(35-39)63(13,14)55-37-41(61(7,8)9)33-51(57(49)55)47-27-21-19-25-45(47)43-23-17-18-24-44(43)46-26-20-22-28-48(46)52-34-42(62(10,11)12)38-56-58(52)50-32-30-40(60(4,5)6)36-54(50)64(56,15)16/h17-38H,1-16H3. The van der Waals surface area contributed by atoms with Gasteiger partial charge in [0, 0.05) is 10.8 Å². The van der Waals surface area contributed by atoms with Gasteiger partial charge in [0.1, 0.15) is 0 Å². The topological polar surface area (TPSA) is 0 Å². The van der Waals surface area contributed by atoms with Crippen molar-refractivity contribution in [2.75, 3.05) is 0 Å². The van der Waals surface area contributed by atoms with Crippen molar-refractivity contribution in [3.63, 3.8) is 0 Å². The van der Waals surface area contributed by atoms with Gasteiger partial charge in [-0.15, -0.1) is 0 Å². The van der Waals surface area contributed by atoms with E-state index in [0.717, 1.165) is 0 Å². The molecule has 0 atom stereocenters. The molecule has 0 radical (unpaired) electrons. The summed E-state index contributed by atoms with van der Waals surface area (Å²) < 4.78 is 0. The first kappa shape index (κ1) is 43.8. The van der Waals surface area contributed by atoms with Crippen LogP contribution in [-0.2, 0) is 32.5 Å². The molecular weight excluding hydrogens is 769 g/mol. The third kappa shape index (κ3) is 7.03. The monoisotopic (exact) mass is 839 g/mol. The minimum atomic E-state index is -0.142. The summed E-state index contributed by atoms with van der Waals surface area (Å²) in [5.41, 5.74) is 26.7. The number of hydrogen-bond donors (Lipinski definition) is 0. The number of benzene rings is 7. The molecule has 0 fully saturated rings. The minimum Gasteiger partial charge on any atom is -0.0616 e. The van der Waals surface area contributed by atoms with Crippen LogP contribution in [0.4, 0.5) is 0 Å². The fourth-order valence-corrected chi connectivity index (χ4v) is 10.8. The molecule has 0 amide bonds. The van der Waals surface area contributed by atoms with E-state index in [4.69, 9.17) is 0 Å². The fraction of sp³-hybridized carbons (Fsp3) is 0.344. The highest BCUT2D eigenvalue weighted by atomic mass is 14.4. The zero-order valence-corrected chi connectivity index (χ0v) is 41.7. The Morgan fingerprint density at radius 3 is 0.766 bits per heavy atom. The van der Waals surface area contributed by atoms with Crippen molar-refractivity contribution >= 4 is 0 Å². The van der Waals surface area contributed by atoms with E-state index in [2.05, 4.69) is 244 Å². The SMILES string of the molecule is CC(C)(C)c1ccc2c(c1)C(C)(C)c1cc(C(C)(C)C)cc(-c3ccccc3-c3ccccc3-c3ccccc3-c3cc(C(C)(C)C)cc4c3-c3ccc(C(C)(C)C)cc3C4(C)C)c1-2. The fourth-order valence-electron chi connectivity index (χ4n) is 10.8. The summed E-state index contributed by atoms with van der Waals surface area (Å²) in [6, 6.07) is 52.2. The molecule has 9 rings (SSSR count). The van der Waals surface area contributed by atoms with Gasteiger partial charge in [0.2, 0.25) is 0 Å². The van der Waals surface area contributed by atoms with Crippen molar-refractivity contribution in [1.82, 2.24) is 0 Å². The summed E-state index contributed by atoms with van der Waals surface area (Å²) in [5, 5.41) is 0. The lowest BCUT2D eigenvalue weighted by molar-refractivity contribution is 0.579. The van der Waals surface area contributed by atoms with Crippen molar-refractivity contribution in [2.24, 2.45) is 0 Å². The molecule has 7 aromatic rings. The van der Waals surface area contributed by atoms with E-state index in [0.29, 0.717) is 0 Å². The Kier molecular flexibility index (Phi) is 9.93. The molecule has 0 nitrogen and oxygen atoms in total. The Balaban J connectivity index is 1.29. The highest BCUT2D eigenvalue weighted by Gasteiger charge is 2.41. The van der Waals surface area contributed by atoms with Crippen LogP contribution in [0.3, 0.4) is 0 Å². The molecule has 0 spiro atoms. The summed E-state index contributed by atoms with van der Waals surface area (Å²) in [7, 11) is 0. The molecule has 0 heteroatoms. The van der Waals surface area contributed by atoms with Crippen LogP contribution in [0.25, 0.3) is 66.8 Å². The van der Waals surface area contributed by atoms with Crippen LogP contribution in [-0.4, -0.2) is 0 Å². The molecule has 2 aliphatic rings. The van der Waals surface area contributed by atoms with E-state index in [-0.39, 0.29) is 32.5 Å². The number of rotatable bonds is 4. The molecule has 326 valence electrons. The van der Waals surface area contributed by atoms with Crippen molar-refractivity contribution < 1.29 is 0 Å². The van der Waals surface area contributed by atoms with Gasteiger partial charge in [-0.25, -0.2) is 0 Å². The molecule has 0 N–H and O–H groups in total. The van der Waals surface area contributed by atoms with Crippen LogP contribution >= 0.6 is 0 Å². The van der Waals surface area contributed by atoms with Gasteiger partial charge in [-0.2, -0.15) is 0 Å². The third-order valence-electron chi connectivity index (χ3n) is 15.0. The first-order valence-electron chi connectivity index (χ1n) is 23.8. The second kappa shape index (κ2) is 14.5. The van der Waals surface area contributed by atoms with Gasteiger partial charge >= 0.3 is 0 Å². The first-order chi connectivity index (χ1) is 29.8. The zero-order valence-electron chi connectivity index (χ0n) is 41.7. The molecule has 0 aliphatic heterocycles. The molecular formula is C64H70. The van der Waals surface area contributed by atoms with Gasteiger partial charge in [0.05, 0.1) is 0 Å². The normalized spacial score (nSPS) is 15.1. The van der Waals surface area contributed by atoms with Crippen molar-refractivity contribution in [3.05, 3.63) is 178 Å². The van der Waals surface area contributed by atoms with Crippen LogP contribution in [0.2, 0.25) is 0 Å². The van der Waals surface area contributed by atoms with Crippen molar-refractivity contribution in [1.29, 1.82) is 0 Å². The van der Waals surface area contributed by atoms with Gasteiger partial charge in [0.15, 0.2) is 0 Å². The molecule has 0 saturated carbocycles. The largest absolute Gasteiger partial charge is 0.0616 e. The average molecular weight is 839 g/mol. The van der Waals surface area contributed by atoms with Crippen molar-refractivity contribution in [3.8, 4) is 66.8 Å². The van der Waals surface area contributed by atoms with Crippen LogP contribution in [0, 0.1) is 0 Å². The Labute approximate surface area is 386 Å². The summed E-state index contributed by atoms with van der Waals surface area (Å²) in [6.07, 6.45) is 0. The molecule has 0 unspecified atom stereocenters. The quantitative estimate of drug-likeness (QED) is 0.166. The number of hydrogen-bond acceptors (Lipinski definition) is 0. The highest BCUT2D eigenvalue weighted by Crippen LogP contribution is 2.57. The molecule has 2 aliphatic carbocycles. The first-order valence-corrected chi connectivity index (χ1v) is 23.8. The van der Waals surface area contributed by atoms with Gasteiger partial charge < -0.3 is 0 Å². The predicted molar refractivity (Wildman–Crippen MR) is 278 cm³/mol. The lowest BCUT2D eigenvalue weighted by atomic mass is 9.76. The maximum Gasteiger partial charge on any atom is 0.0159 e. The maximum atomic E-state index is 2.52. The number of fused-ring (bicyclic) bond motifs is 6. The molecule has 0 saturated heterocycles. The van der Waals surface area contributed by atoms with E-state index in [1.165, 1.54) is 111 Å². The molecule has 7 aromatic carbocycles. The van der Waals surface area contributed by atoms with E-state index in [1.54, 1.807) is 0 Å². The summed E-state index contributed by atoms with van der Waals surface area (Å²) >= 11 is 0. The van der Waals surface area contributed by atoms with Gasteiger partial charge in [-0.3, -0.25) is 0 Å². The molecule has 64 heavy (non-hydrogen) atoms. The minimum absolute atomic E-state index is 0.0274. The summed E-state index contributed by atoms with van der Waals surface area (Å²) in [6.45, 7) is 37.9. The van der Waals surface area contributed by atoms with E-state index in [9.17, 15) is 0 Å². The van der Waals surface area contributed by atoms with Gasteiger partial charge in [-0.1, -0.05) is 232 Å². The van der Waals surface area contributed by atoms with Crippen LogP contribution in [0.15, 0.2) is 133 Å². The van der Waals surface area contributed by atoms with E-state index >= 15 is 0 Å². The van der Waals surface area contributed by atoms with Crippen LogP contribution in [0.1, 0.15) is 155 Å². The van der Waals surface area contributed by atoms with Crippen LogP contribution < -0.4 is 0 Å². The van der Waals surface area contributed by atoms with E-state index < -0.39 is 0 Å². The summed E-state index contributed by atoms with van der Waals surface area (Å²) in [4.78, 5) is 0. The van der Waals surface area contributed by atoms with E-state index in [1.807, 2.05) is 0 Å². The molecule has 0 aromatic heterocycles. The average Bonchev–Trinajstić information content (AvgIpc) is 3.60. The molecule has 0 heterocycles. The Hall–Kier alpha value is -5.46. The van der Waals surface area contributed by atoms with Crippen molar-refractivity contribution in [2.45, 2.75) is 143 Å². The maximum absolute atomic E-state index is 2.52. The Morgan fingerprint density at radius 1 is 0.250 bits per heavy atom. The zero-order chi connectivity index (χ0) is 46.1. The van der Waals surface area contributed by atoms with Gasteiger partial charge in [0.25, 0.3) is 0 Å². The predicted octanol–water partition coefficient (Wildman–Crippen LogP) is 18.2. The van der Waals surface area contributed by atoms with Crippen LogP contribution in [0.5, 0.6) is 0 Å². The second-order valence-electron chi connectivity index (χ2n) is 24.3. The summed E-state index contributed by atoms with van der Waals surface area (Å²) in [5.74, 6) is 0. The Morgan fingerprint density at radius 2 is 0.500 bits per heavy atom. The second-order valence-corrected chi connectivity index (χ2v) is 24.3. The lowest BCUT2D eigenvalue weighted by Crippen LogP contribution is -2.19. The molecule has 0 bridgehead atoms. The smallest absolute Gasteiger partial charge is 0.0159 e. The lowest BCUT2D eigenvalue weighted by Gasteiger charge is -2.28. The highest BCUT2D eigenvalue weighted by molar-refractivity contribution is 6.03. The van der Waals surface area contributed by atoms with Gasteiger partial charge in [-0.05, 0) is 145 Å². The third-order valence-corrected chi connectivity index (χ3v) is 15.0.